The van der Waals surface area contributed by atoms with E-state index in [0.717, 1.165) is 36.3 Å². The molecule has 0 bridgehead atoms. The van der Waals surface area contributed by atoms with Crippen molar-refractivity contribution < 1.29 is 9.53 Å². The van der Waals surface area contributed by atoms with E-state index >= 15 is 0 Å². The highest BCUT2D eigenvalue weighted by molar-refractivity contribution is 7.14. The number of aromatic nitrogens is 4. The Morgan fingerprint density at radius 1 is 1.57 bits per heavy atom. The molecule has 2 aromatic rings. The molecule has 2 aromatic heterocycles. The molecule has 9 heteroatoms. The molecule has 0 unspecified atom stereocenters. The molecule has 124 valence electrons. The predicted octanol–water partition coefficient (Wildman–Crippen LogP) is 1.13. The maximum atomic E-state index is 11.4. The minimum atomic E-state index is -0.119. The molecule has 0 aliphatic carbocycles. The van der Waals surface area contributed by atoms with E-state index in [2.05, 4.69) is 25.1 Å². The largest absolute Gasteiger partial charge is 0.367 e. The lowest BCUT2D eigenvalue weighted by atomic mass is 10.2. The van der Waals surface area contributed by atoms with Gasteiger partial charge in [-0.3, -0.25) is 19.7 Å². The van der Waals surface area contributed by atoms with Crippen LogP contribution >= 0.6 is 11.3 Å². The van der Waals surface area contributed by atoms with Crippen LogP contribution in [0.1, 0.15) is 30.4 Å². The van der Waals surface area contributed by atoms with Crippen LogP contribution in [0.5, 0.6) is 0 Å². The summed E-state index contributed by atoms with van der Waals surface area (Å²) in [5.74, 6) is 1.47. The molecule has 1 amide bonds. The maximum Gasteiger partial charge on any atom is 0.225 e. The second-order valence-electron chi connectivity index (χ2n) is 5.57. The number of H-pyrrole nitrogens is 1. The molecule has 1 aliphatic rings. The highest BCUT2D eigenvalue weighted by Gasteiger charge is 2.25. The van der Waals surface area contributed by atoms with Crippen LogP contribution in [0.4, 0.5) is 5.13 Å². The molecule has 1 fully saturated rings. The molecular weight excluding hydrogens is 316 g/mol. The summed E-state index contributed by atoms with van der Waals surface area (Å²) in [4.78, 5) is 24.1. The lowest BCUT2D eigenvalue weighted by Crippen LogP contribution is -2.38. The minimum Gasteiger partial charge on any atom is -0.367 e. The summed E-state index contributed by atoms with van der Waals surface area (Å²) in [5, 5.41) is 9.75. The number of anilines is 1. The molecule has 3 heterocycles. The van der Waals surface area contributed by atoms with Crippen LogP contribution in [0.15, 0.2) is 5.38 Å². The number of morpholine rings is 1. The summed E-state index contributed by atoms with van der Waals surface area (Å²) in [6.45, 7) is 6.35. The predicted molar refractivity (Wildman–Crippen MR) is 86.3 cm³/mol. The van der Waals surface area contributed by atoms with Crippen molar-refractivity contribution in [3.63, 3.8) is 0 Å². The number of amides is 1. The zero-order chi connectivity index (χ0) is 16.4. The summed E-state index contributed by atoms with van der Waals surface area (Å²) in [7, 11) is 1.74. The Morgan fingerprint density at radius 2 is 2.39 bits per heavy atom. The highest BCUT2D eigenvalue weighted by Crippen LogP contribution is 2.23. The first-order valence-electron chi connectivity index (χ1n) is 7.44. The van der Waals surface area contributed by atoms with Crippen LogP contribution < -0.4 is 4.90 Å². The van der Waals surface area contributed by atoms with Gasteiger partial charge in [-0.1, -0.05) is 0 Å². The Bertz CT molecular complexity index is 684. The van der Waals surface area contributed by atoms with E-state index in [1.165, 1.54) is 18.3 Å². The van der Waals surface area contributed by atoms with E-state index in [1.807, 2.05) is 12.3 Å². The summed E-state index contributed by atoms with van der Waals surface area (Å²) < 4.78 is 5.76. The summed E-state index contributed by atoms with van der Waals surface area (Å²) in [6.07, 6.45) is -0.119. The van der Waals surface area contributed by atoms with Gasteiger partial charge in [0.2, 0.25) is 5.91 Å². The van der Waals surface area contributed by atoms with E-state index in [-0.39, 0.29) is 12.0 Å². The van der Waals surface area contributed by atoms with Gasteiger partial charge in [0.05, 0.1) is 12.3 Å². The van der Waals surface area contributed by atoms with Gasteiger partial charge in [-0.15, -0.1) is 11.3 Å². The number of ether oxygens (including phenoxy) is 1. The van der Waals surface area contributed by atoms with Gasteiger partial charge in [0.1, 0.15) is 11.9 Å². The Labute approximate surface area is 138 Å². The van der Waals surface area contributed by atoms with Gasteiger partial charge in [0, 0.05) is 39.0 Å². The van der Waals surface area contributed by atoms with E-state index in [0.29, 0.717) is 12.4 Å². The molecule has 1 saturated heterocycles. The van der Waals surface area contributed by atoms with Crippen molar-refractivity contribution in [3.8, 4) is 0 Å². The van der Waals surface area contributed by atoms with Crippen molar-refractivity contribution in [2.75, 3.05) is 31.6 Å². The first kappa shape index (κ1) is 16.0. The number of nitrogens with zero attached hydrogens (tertiary/aromatic N) is 5. The fourth-order valence-corrected chi connectivity index (χ4v) is 3.22. The SMILES string of the molecule is CC(=O)N(C)c1nc(CN2CCO[C@H](c3n[nH]c(C)n3)C2)cs1. The number of hydrogen-bond acceptors (Lipinski definition) is 7. The third-order valence-electron chi connectivity index (χ3n) is 3.74. The van der Waals surface area contributed by atoms with E-state index in [9.17, 15) is 4.79 Å². The standard InChI is InChI=1S/C14H20N6O2S/c1-9-15-13(18-17-9)12-7-20(4-5-22-12)6-11-8-23-14(16-11)19(3)10(2)21/h8,12H,4-7H2,1-3H3,(H,15,17,18)/t12-/m0/s1. The quantitative estimate of drug-likeness (QED) is 0.900. The fraction of sp³-hybridized carbons (Fsp3) is 0.571. The smallest absolute Gasteiger partial charge is 0.225 e. The number of rotatable bonds is 4. The average Bonchev–Trinajstić information content (AvgIpc) is 3.16. The second-order valence-corrected chi connectivity index (χ2v) is 6.41. The van der Waals surface area contributed by atoms with Gasteiger partial charge in [-0.05, 0) is 6.92 Å². The number of aromatic amines is 1. The Hall–Kier alpha value is -1.84. The molecule has 8 nitrogen and oxygen atoms in total. The van der Waals surface area contributed by atoms with E-state index in [1.54, 1.807) is 11.9 Å². The lowest BCUT2D eigenvalue weighted by molar-refractivity contribution is -0.116. The molecule has 0 spiro atoms. The van der Waals surface area contributed by atoms with Gasteiger partial charge < -0.3 is 4.74 Å². The van der Waals surface area contributed by atoms with Gasteiger partial charge in [-0.25, -0.2) is 9.97 Å². The zero-order valence-electron chi connectivity index (χ0n) is 13.4. The molecule has 0 radical (unpaired) electrons. The van der Waals surface area contributed by atoms with Crippen LogP contribution in [0.2, 0.25) is 0 Å². The molecule has 0 aromatic carbocycles. The Morgan fingerprint density at radius 3 is 3.09 bits per heavy atom. The van der Waals surface area contributed by atoms with Crippen LogP contribution in [0.25, 0.3) is 0 Å². The number of nitrogens with one attached hydrogen (secondary N) is 1. The molecule has 1 aliphatic heterocycles. The van der Waals surface area contributed by atoms with Crippen molar-refractivity contribution in [1.29, 1.82) is 0 Å². The van der Waals surface area contributed by atoms with Crippen LogP contribution in [-0.2, 0) is 16.1 Å². The number of hydrogen-bond donors (Lipinski definition) is 1. The van der Waals surface area contributed by atoms with Crippen molar-refractivity contribution in [2.45, 2.75) is 26.5 Å². The van der Waals surface area contributed by atoms with Gasteiger partial charge in [0.25, 0.3) is 0 Å². The van der Waals surface area contributed by atoms with Gasteiger partial charge >= 0.3 is 0 Å². The third-order valence-corrected chi connectivity index (χ3v) is 4.70. The van der Waals surface area contributed by atoms with Crippen LogP contribution in [-0.4, -0.2) is 57.7 Å². The van der Waals surface area contributed by atoms with Crippen molar-refractivity contribution in [3.05, 3.63) is 22.7 Å². The summed E-state index contributed by atoms with van der Waals surface area (Å²) >= 11 is 1.48. The molecule has 1 atom stereocenters. The lowest BCUT2D eigenvalue weighted by Gasteiger charge is -2.30. The first-order valence-corrected chi connectivity index (χ1v) is 8.32. The van der Waals surface area contributed by atoms with Gasteiger partial charge in [-0.2, -0.15) is 5.10 Å². The zero-order valence-corrected chi connectivity index (χ0v) is 14.3. The molecule has 1 N–H and O–H groups in total. The van der Waals surface area contributed by atoms with E-state index in [4.69, 9.17) is 4.74 Å². The average molecular weight is 336 g/mol. The monoisotopic (exact) mass is 336 g/mol. The van der Waals surface area contributed by atoms with E-state index < -0.39 is 0 Å². The van der Waals surface area contributed by atoms with Crippen molar-refractivity contribution in [2.24, 2.45) is 0 Å². The third kappa shape index (κ3) is 3.74. The van der Waals surface area contributed by atoms with Crippen LogP contribution in [0, 0.1) is 6.92 Å². The maximum absolute atomic E-state index is 11.4. The van der Waals surface area contributed by atoms with Crippen molar-refractivity contribution >= 4 is 22.4 Å². The Balaban J connectivity index is 1.63. The fourth-order valence-electron chi connectivity index (χ4n) is 2.39. The summed E-state index contributed by atoms with van der Waals surface area (Å²) in [6, 6.07) is 0. The number of aryl methyl sites for hydroxylation is 1. The first-order chi connectivity index (χ1) is 11.0. The highest BCUT2D eigenvalue weighted by atomic mass is 32.1. The normalized spacial score (nSPS) is 19.0. The van der Waals surface area contributed by atoms with Crippen LogP contribution in [0.3, 0.4) is 0 Å². The molecule has 23 heavy (non-hydrogen) atoms. The number of thiazole rings is 1. The summed E-state index contributed by atoms with van der Waals surface area (Å²) in [5.41, 5.74) is 0.963. The number of carbonyl (C=O) groups is 1. The minimum absolute atomic E-state index is 0.0164. The number of carbonyl (C=O) groups excluding carboxylic acids is 1. The van der Waals surface area contributed by atoms with Crippen molar-refractivity contribution in [1.82, 2.24) is 25.1 Å². The Kier molecular flexibility index (Phi) is 4.69. The van der Waals surface area contributed by atoms with Gasteiger partial charge in [0.15, 0.2) is 11.0 Å². The molecule has 0 saturated carbocycles. The topological polar surface area (TPSA) is 87.2 Å². The second kappa shape index (κ2) is 6.73. The molecule has 3 rings (SSSR count). The molecular formula is C14H20N6O2S.